The maximum Gasteiger partial charge on any atom is 0.305 e. The number of methoxy groups -OCH3 is 1. The lowest BCUT2D eigenvalue weighted by Crippen LogP contribution is -2.05. The highest BCUT2D eigenvalue weighted by atomic mass is 19.1. The van der Waals surface area contributed by atoms with Gasteiger partial charge in [-0.15, -0.1) is 0 Å². The Hall–Kier alpha value is -0.640. The SMILES string of the molecule is COC(=O)CCCCCCCCC(F)CO. The Morgan fingerprint density at radius 2 is 1.75 bits per heavy atom. The van der Waals surface area contributed by atoms with Crippen LogP contribution in [0.1, 0.15) is 51.4 Å². The van der Waals surface area contributed by atoms with Gasteiger partial charge in [0.1, 0.15) is 6.17 Å². The highest BCUT2D eigenvalue weighted by Crippen LogP contribution is 2.11. The summed E-state index contributed by atoms with van der Waals surface area (Å²) in [5, 5.41) is 8.46. The lowest BCUT2D eigenvalue weighted by Gasteiger charge is -2.04. The predicted octanol–water partition coefficient (Wildman–Crippen LogP) is 2.61. The summed E-state index contributed by atoms with van der Waals surface area (Å²) >= 11 is 0. The van der Waals surface area contributed by atoms with Crippen molar-refractivity contribution in [1.29, 1.82) is 0 Å². The summed E-state index contributed by atoms with van der Waals surface area (Å²) < 4.78 is 17.1. The maximum atomic E-state index is 12.6. The van der Waals surface area contributed by atoms with E-state index in [4.69, 9.17) is 5.11 Å². The Morgan fingerprint density at radius 3 is 2.31 bits per heavy atom. The molecule has 1 N–H and O–H groups in total. The number of esters is 1. The fourth-order valence-corrected chi connectivity index (χ4v) is 1.54. The maximum absolute atomic E-state index is 12.6. The normalized spacial score (nSPS) is 12.4. The standard InChI is InChI=1S/C12H23FO3/c1-16-12(15)9-7-5-3-2-4-6-8-11(13)10-14/h11,14H,2-10H2,1H3. The molecule has 0 aliphatic heterocycles. The number of carbonyl (C=O) groups excluding carboxylic acids is 1. The molecular weight excluding hydrogens is 211 g/mol. The molecule has 1 atom stereocenters. The molecular formula is C12H23FO3. The molecule has 0 saturated heterocycles. The van der Waals surface area contributed by atoms with Crippen LogP contribution >= 0.6 is 0 Å². The third-order valence-corrected chi connectivity index (χ3v) is 2.57. The minimum atomic E-state index is -1.06. The van der Waals surface area contributed by atoms with E-state index in [0.29, 0.717) is 12.8 Å². The van der Waals surface area contributed by atoms with E-state index < -0.39 is 6.17 Å². The monoisotopic (exact) mass is 234 g/mol. The molecule has 0 saturated carbocycles. The quantitative estimate of drug-likeness (QED) is 0.467. The van der Waals surface area contributed by atoms with Crippen molar-refractivity contribution in [2.24, 2.45) is 0 Å². The van der Waals surface area contributed by atoms with Gasteiger partial charge in [0.2, 0.25) is 0 Å². The van der Waals surface area contributed by atoms with Gasteiger partial charge in [-0.1, -0.05) is 32.1 Å². The van der Waals surface area contributed by atoms with E-state index in [-0.39, 0.29) is 12.6 Å². The number of ether oxygens (including phenoxy) is 1. The molecule has 0 aliphatic carbocycles. The lowest BCUT2D eigenvalue weighted by atomic mass is 10.1. The van der Waals surface area contributed by atoms with Crippen molar-refractivity contribution in [2.45, 2.75) is 57.5 Å². The van der Waals surface area contributed by atoms with Crippen LogP contribution in [0.5, 0.6) is 0 Å². The Labute approximate surface area is 97.0 Å². The second-order valence-corrected chi connectivity index (χ2v) is 4.02. The molecule has 1 unspecified atom stereocenters. The number of rotatable bonds is 10. The van der Waals surface area contributed by atoms with Crippen LogP contribution in [-0.2, 0) is 9.53 Å². The molecule has 0 radical (unpaired) electrons. The van der Waals surface area contributed by atoms with E-state index >= 15 is 0 Å². The zero-order valence-corrected chi connectivity index (χ0v) is 10.1. The Bertz CT molecular complexity index is 174. The molecule has 0 aromatic heterocycles. The third kappa shape index (κ3) is 9.90. The van der Waals surface area contributed by atoms with E-state index in [1.165, 1.54) is 7.11 Å². The van der Waals surface area contributed by atoms with Gasteiger partial charge in [0.05, 0.1) is 13.7 Å². The van der Waals surface area contributed by atoms with E-state index in [0.717, 1.165) is 38.5 Å². The third-order valence-electron chi connectivity index (χ3n) is 2.57. The zero-order valence-electron chi connectivity index (χ0n) is 10.1. The second kappa shape index (κ2) is 10.9. The molecule has 3 nitrogen and oxygen atoms in total. The highest BCUT2D eigenvalue weighted by Gasteiger charge is 2.03. The van der Waals surface area contributed by atoms with Gasteiger partial charge in [0.25, 0.3) is 0 Å². The number of unbranched alkanes of at least 4 members (excludes halogenated alkanes) is 5. The molecule has 0 amide bonds. The first-order valence-corrected chi connectivity index (χ1v) is 6.02. The van der Waals surface area contributed by atoms with E-state index in [9.17, 15) is 9.18 Å². The van der Waals surface area contributed by atoms with Crippen LogP contribution in [0.2, 0.25) is 0 Å². The second-order valence-electron chi connectivity index (χ2n) is 4.02. The number of hydrogen-bond donors (Lipinski definition) is 1. The summed E-state index contributed by atoms with van der Waals surface area (Å²) in [7, 11) is 1.40. The highest BCUT2D eigenvalue weighted by molar-refractivity contribution is 5.68. The van der Waals surface area contributed by atoms with Crippen molar-refractivity contribution >= 4 is 5.97 Å². The van der Waals surface area contributed by atoms with E-state index in [1.54, 1.807) is 0 Å². The fourth-order valence-electron chi connectivity index (χ4n) is 1.54. The Balaban J connectivity index is 3.07. The predicted molar refractivity (Wildman–Crippen MR) is 60.9 cm³/mol. The van der Waals surface area contributed by atoms with Crippen LogP contribution in [0.3, 0.4) is 0 Å². The fraction of sp³-hybridized carbons (Fsp3) is 0.917. The molecule has 0 aromatic carbocycles. The van der Waals surface area contributed by atoms with Crippen molar-refractivity contribution in [2.75, 3.05) is 13.7 Å². The average Bonchev–Trinajstić information content (AvgIpc) is 2.31. The van der Waals surface area contributed by atoms with Crippen LogP contribution in [0, 0.1) is 0 Å². The van der Waals surface area contributed by atoms with Crippen molar-refractivity contribution in [3.05, 3.63) is 0 Å². The molecule has 0 bridgehead atoms. The summed E-state index contributed by atoms with van der Waals surface area (Å²) in [6.07, 6.45) is 5.76. The van der Waals surface area contributed by atoms with Crippen LogP contribution in [-0.4, -0.2) is 31.0 Å². The van der Waals surface area contributed by atoms with Crippen LogP contribution < -0.4 is 0 Å². The van der Waals surface area contributed by atoms with Crippen LogP contribution in [0.15, 0.2) is 0 Å². The lowest BCUT2D eigenvalue weighted by molar-refractivity contribution is -0.140. The molecule has 16 heavy (non-hydrogen) atoms. The zero-order chi connectivity index (χ0) is 12.2. The van der Waals surface area contributed by atoms with Gasteiger partial charge in [-0.3, -0.25) is 4.79 Å². The van der Waals surface area contributed by atoms with Gasteiger partial charge in [-0.25, -0.2) is 4.39 Å². The van der Waals surface area contributed by atoms with Gasteiger partial charge in [-0.05, 0) is 12.8 Å². The molecule has 4 heteroatoms. The molecule has 0 aliphatic rings. The summed E-state index contributed by atoms with van der Waals surface area (Å²) in [6.45, 7) is -0.362. The molecule has 0 heterocycles. The summed E-state index contributed by atoms with van der Waals surface area (Å²) in [5.74, 6) is -0.150. The number of aliphatic hydroxyl groups excluding tert-OH is 1. The molecule has 96 valence electrons. The van der Waals surface area contributed by atoms with Gasteiger partial charge >= 0.3 is 5.97 Å². The van der Waals surface area contributed by atoms with Gasteiger partial charge in [-0.2, -0.15) is 0 Å². The van der Waals surface area contributed by atoms with Gasteiger partial charge in [0.15, 0.2) is 0 Å². The molecule has 0 spiro atoms. The largest absolute Gasteiger partial charge is 0.469 e. The first kappa shape index (κ1) is 15.4. The number of halogens is 1. The summed E-state index contributed by atoms with van der Waals surface area (Å²) in [6, 6.07) is 0. The van der Waals surface area contributed by atoms with Crippen LogP contribution in [0.4, 0.5) is 4.39 Å². The first-order chi connectivity index (χ1) is 7.70. The van der Waals surface area contributed by atoms with Crippen molar-refractivity contribution < 1.29 is 19.0 Å². The van der Waals surface area contributed by atoms with Crippen molar-refractivity contribution in [3.8, 4) is 0 Å². The minimum Gasteiger partial charge on any atom is -0.469 e. The first-order valence-electron chi connectivity index (χ1n) is 6.02. The molecule has 0 fully saturated rings. The number of alkyl halides is 1. The topological polar surface area (TPSA) is 46.5 Å². The van der Waals surface area contributed by atoms with Crippen molar-refractivity contribution in [3.63, 3.8) is 0 Å². The van der Waals surface area contributed by atoms with E-state index in [2.05, 4.69) is 4.74 Å². The Morgan fingerprint density at radius 1 is 1.19 bits per heavy atom. The minimum absolute atomic E-state index is 0.150. The summed E-state index contributed by atoms with van der Waals surface area (Å²) in [4.78, 5) is 10.8. The number of hydrogen-bond acceptors (Lipinski definition) is 3. The Kier molecular flexibility index (Phi) is 10.4. The van der Waals surface area contributed by atoms with Gasteiger partial charge in [0, 0.05) is 6.42 Å². The van der Waals surface area contributed by atoms with Crippen LogP contribution in [0.25, 0.3) is 0 Å². The average molecular weight is 234 g/mol. The smallest absolute Gasteiger partial charge is 0.305 e. The summed E-state index contributed by atoms with van der Waals surface area (Å²) in [5.41, 5.74) is 0. The molecule has 0 rings (SSSR count). The van der Waals surface area contributed by atoms with E-state index in [1.807, 2.05) is 0 Å². The molecule has 0 aromatic rings. The number of aliphatic hydroxyl groups is 1. The number of carbonyl (C=O) groups is 1. The van der Waals surface area contributed by atoms with Gasteiger partial charge < -0.3 is 9.84 Å². The van der Waals surface area contributed by atoms with Crippen molar-refractivity contribution in [1.82, 2.24) is 0 Å².